The van der Waals surface area contributed by atoms with Gasteiger partial charge in [0, 0.05) is 0 Å². The first kappa shape index (κ1) is 13.0. The van der Waals surface area contributed by atoms with Crippen LogP contribution in [0.2, 0.25) is 0 Å². The average molecular weight is 221 g/mol. The topological polar surface area (TPSA) is 21.3 Å². The Kier molecular flexibility index (Phi) is 4.81. The fourth-order valence-electron chi connectivity index (χ4n) is 1.76. The Labute approximate surface area is 99.0 Å². The third-order valence-corrected chi connectivity index (χ3v) is 2.93. The molecule has 1 rings (SSSR count). The summed E-state index contributed by atoms with van der Waals surface area (Å²) in [5, 5.41) is 3.20. The van der Waals surface area contributed by atoms with Gasteiger partial charge in [-0.05, 0) is 50.0 Å². The maximum atomic E-state index is 5.53. The summed E-state index contributed by atoms with van der Waals surface area (Å²) in [4.78, 5) is 0. The summed E-state index contributed by atoms with van der Waals surface area (Å²) in [5.41, 5.74) is 1.53. The minimum absolute atomic E-state index is 0.191. The number of nitrogens with one attached hydrogen (secondary N) is 1. The summed E-state index contributed by atoms with van der Waals surface area (Å²) in [5.74, 6) is 0.970. The average Bonchev–Trinajstić information content (AvgIpc) is 2.27. The molecule has 0 aliphatic carbocycles. The molecule has 0 radical (unpaired) electrons. The Bertz CT molecular complexity index is 320. The van der Waals surface area contributed by atoms with Crippen molar-refractivity contribution in [1.29, 1.82) is 0 Å². The molecule has 0 aliphatic heterocycles. The molecule has 0 fully saturated rings. The van der Waals surface area contributed by atoms with E-state index in [1.165, 1.54) is 5.56 Å². The summed E-state index contributed by atoms with van der Waals surface area (Å²) < 4.78 is 5.53. The van der Waals surface area contributed by atoms with Crippen molar-refractivity contribution in [3.05, 3.63) is 29.8 Å². The second-order valence-electron chi connectivity index (χ2n) is 4.70. The van der Waals surface area contributed by atoms with Crippen LogP contribution < -0.4 is 10.1 Å². The largest absolute Gasteiger partial charge is 0.494 e. The van der Waals surface area contributed by atoms with Crippen LogP contribution in [0.3, 0.4) is 0 Å². The number of ether oxygens (including phenoxy) is 1. The molecule has 0 amide bonds. The molecule has 0 aliphatic rings. The van der Waals surface area contributed by atoms with E-state index in [1.807, 2.05) is 20.0 Å². The smallest absolute Gasteiger partial charge is 0.119 e. The SMILES string of the molecule is CCOc1cccc(C(C)(C)CCNC)c1. The zero-order chi connectivity index (χ0) is 12.0. The molecular formula is C14H23NO. The monoisotopic (exact) mass is 221 g/mol. The molecule has 0 unspecified atom stereocenters. The normalized spacial score (nSPS) is 11.5. The van der Waals surface area contributed by atoms with Crippen LogP contribution in [-0.4, -0.2) is 20.2 Å². The Balaban J connectivity index is 2.80. The van der Waals surface area contributed by atoms with E-state index < -0.39 is 0 Å². The van der Waals surface area contributed by atoms with Gasteiger partial charge in [0.1, 0.15) is 5.75 Å². The van der Waals surface area contributed by atoms with Gasteiger partial charge < -0.3 is 10.1 Å². The van der Waals surface area contributed by atoms with E-state index >= 15 is 0 Å². The summed E-state index contributed by atoms with van der Waals surface area (Å²) >= 11 is 0. The van der Waals surface area contributed by atoms with Gasteiger partial charge >= 0.3 is 0 Å². The van der Waals surface area contributed by atoms with E-state index in [9.17, 15) is 0 Å². The molecule has 0 bridgehead atoms. The molecular weight excluding hydrogens is 198 g/mol. The number of hydrogen-bond acceptors (Lipinski definition) is 2. The van der Waals surface area contributed by atoms with Crippen molar-refractivity contribution in [2.24, 2.45) is 0 Å². The van der Waals surface area contributed by atoms with Crippen molar-refractivity contribution in [2.45, 2.75) is 32.6 Å². The van der Waals surface area contributed by atoms with Gasteiger partial charge in [-0.2, -0.15) is 0 Å². The summed E-state index contributed by atoms with van der Waals surface area (Å²) in [6.45, 7) is 8.32. The first-order chi connectivity index (χ1) is 7.60. The molecule has 2 heteroatoms. The molecule has 16 heavy (non-hydrogen) atoms. The Morgan fingerprint density at radius 1 is 1.31 bits per heavy atom. The van der Waals surface area contributed by atoms with Gasteiger partial charge in [-0.1, -0.05) is 26.0 Å². The van der Waals surface area contributed by atoms with E-state index in [0.29, 0.717) is 0 Å². The van der Waals surface area contributed by atoms with Gasteiger partial charge in [-0.25, -0.2) is 0 Å². The lowest BCUT2D eigenvalue weighted by atomic mass is 9.81. The van der Waals surface area contributed by atoms with Crippen LogP contribution in [0.25, 0.3) is 0 Å². The van der Waals surface area contributed by atoms with Crippen molar-refractivity contribution < 1.29 is 4.74 Å². The lowest BCUT2D eigenvalue weighted by molar-refractivity contribution is 0.338. The zero-order valence-electron chi connectivity index (χ0n) is 10.8. The number of benzene rings is 1. The maximum Gasteiger partial charge on any atom is 0.119 e. The molecule has 2 nitrogen and oxygen atoms in total. The molecule has 0 atom stereocenters. The second kappa shape index (κ2) is 5.90. The third kappa shape index (κ3) is 3.53. The van der Waals surface area contributed by atoms with Gasteiger partial charge in [0.15, 0.2) is 0 Å². The molecule has 1 N–H and O–H groups in total. The van der Waals surface area contributed by atoms with Gasteiger partial charge in [-0.15, -0.1) is 0 Å². The zero-order valence-corrected chi connectivity index (χ0v) is 10.8. The fraction of sp³-hybridized carbons (Fsp3) is 0.571. The van der Waals surface area contributed by atoms with Crippen LogP contribution in [0.1, 0.15) is 32.8 Å². The molecule has 90 valence electrons. The highest BCUT2D eigenvalue weighted by molar-refractivity contribution is 5.33. The third-order valence-electron chi connectivity index (χ3n) is 2.93. The van der Waals surface area contributed by atoms with Gasteiger partial charge in [0.05, 0.1) is 6.61 Å². The molecule has 1 aromatic carbocycles. The number of hydrogen-bond donors (Lipinski definition) is 1. The van der Waals surface area contributed by atoms with Crippen LogP contribution in [-0.2, 0) is 5.41 Å². The second-order valence-corrected chi connectivity index (χ2v) is 4.70. The minimum atomic E-state index is 0.191. The molecule has 1 aromatic rings. The van der Waals surface area contributed by atoms with E-state index in [1.54, 1.807) is 0 Å². The van der Waals surface area contributed by atoms with E-state index in [-0.39, 0.29) is 5.41 Å². The molecule has 0 saturated heterocycles. The lowest BCUT2D eigenvalue weighted by Gasteiger charge is -2.25. The molecule has 0 saturated carbocycles. The quantitative estimate of drug-likeness (QED) is 0.797. The summed E-state index contributed by atoms with van der Waals surface area (Å²) in [7, 11) is 1.99. The van der Waals surface area contributed by atoms with Gasteiger partial charge in [0.25, 0.3) is 0 Å². The van der Waals surface area contributed by atoms with Crippen molar-refractivity contribution in [3.8, 4) is 5.75 Å². The predicted molar refractivity (Wildman–Crippen MR) is 69.2 cm³/mol. The first-order valence-corrected chi connectivity index (χ1v) is 5.98. The highest BCUT2D eigenvalue weighted by Crippen LogP contribution is 2.29. The van der Waals surface area contributed by atoms with Crippen LogP contribution in [0.5, 0.6) is 5.75 Å². The van der Waals surface area contributed by atoms with Crippen LogP contribution in [0.4, 0.5) is 0 Å². The standard InChI is InChI=1S/C14H23NO/c1-5-16-13-8-6-7-12(11-13)14(2,3)9-10-15-4/h6-8,11,15H,5,9-10H2,1-4H3. The summed E-state index contributed by atoms with van der Waals surface area (Å²) in [6.07, 6.45) is 1.12. The van der Waals surface area contributed by atoms with Crippen LogP contribution >= 0.6 is 0 Å². The van der Waals surface area contributed by atoms with Gasteiger partial charge in [0.2, 0.25) is 0 Å². The van der Waals surface area contributed by atoms with Crippen molar-refractivity contribution in [1.82, 2.24) is 5.32 Å². The lowest BCUT2D eigenvalue weighted by Crippen LogP contribution is -2.23. The van der Waals surface area contributed by atoms with Crippen molar-refractivity contribution in [3.63, 3.8) is 0 Å². The van der Waals surface area contributed by atoms with E-state index in [4.69, 9.17) is 4.74 Å². The fourth-order valence-corrected chi connectivity index (χ4v) is 1.76. The van der Waals surface area contributed by atoms with Crippen molar-refractivity contribution in [2.75, 3.05) is 20.2 Å². The number of rotatable bonds is 6. The molecule has 0 spiro atoms. The van der Waals surface area contributed by atoms with Gasteiger partial charge in [-0.3, -0.25) is 0 Å². The van der Waals surface area contributed by atoms with Crippen LogP contribution in [0, 0.1) is 0 Å². The van der Waals surface area contributed by atoms with Crippen LogP contribution in [0.15, 0.2) is 24.3 Å². The minimum Gasteiger partial charge on any atom is -0.494 e. The highest BCUT2D eigenvalue weighted by atomic mass is 16.5. The van der Waals surface area contributed by atoms with E-state index in [0.717, 1.165) is 25.3 Å². The Hall–Kier alpha value is -1.02. The Morgan fingerprint density at radius 2 is 2.06 bits per heavy atom. The maximum absolute atomic E-state index is 5.53. The molecule has 0 heterocycles. The highest BCUT2D eigenvalue weighted by Gasteiger charge is 2.20. The predicted octanol–water partition coefficient (Wildman–Crippen LogP) is 2.97. The van der Waals surface area contributed by atoms with E-state index in [2.05, 4.69) is 37.4 Å². The Morgan fingerprint density at radius 3 is 2.69 bits per heavy atom. The first-order valence-electron chi connectivity index (χ1n) is 5.98. The molecule has 0 aromatic heterocycles. The van der Waals surface area contributed by atoms with Crippen molar-refractivity contribution >= 4 is 0 Å². The summed E-state index contributed by atoms with van der Waals surface area (Å²) in [6, 6.07) is 8.42.